The highest BCUT2D eigenvalue weighted by atomic mass is 15.3. The van der Waals surface area contributed by atoms with Gasteiger partial charge in [-0.05, 0) is 14.1 Å². The van der Waals surface area contributed by atoms with Crippen molar-refractivity contribution in [3.05, 3.63) is 35.9 Å². The highest BCUT2D eigenvalue weighted by Crippen LogP contribution is 2.26. The molecule has 0 aliphatic rings. The van der Waals surface area contributed by atoms with Crippen LogP contribution in [-0.4, -0.2) is 35.3 Å². The molecular formula is C14H17N5. The number of aromatic nitrogens is 2. The van der Waals surface area contributed by atoms with Crippen molar-refractivity contribution in [1.82, 2.24) is 14.7 Å². The number of nitrogen functional groups attached to an aromatic ring is 1. The summed E-state index contributed by atoms with van der Waals surface area (Å²) in [6.45, 7) is 1.49. The monoisotopic (exact) mass is 255 g/mol. The lowest BCUT2D eigenvalue weighted by Crippen LogP contribution is -2.20. The third-order valence-electron chi connectivity index (χ3n) is 2.91. The Balaban J connectivity index is 2.40. The van der Waals surface area contributed by atoms with Crippen molar-refractivity contribution in [3.8, 4) is 17.3 Å². The summed E-state index contributed by atoms with van der Waals surface area (Å²) in [5.41, 5.74) is 8.01. The molecule has 0 saturated heterocycles. The number of benzene rings is 1. The molecule has 1 aromatic heterocycles. The summed E-state index contributed by atoms with van der Waals surface area (Å²) in [7, 11) is 3.98. The number of anilines is 1. The first-order chi connectivity index (χ1) is 9.13. The van der Waals surface area contributed by atoms with Crippen LogP contribution in [0.1, 0.15) is 5.56 Å². The van der Waals surface area contributed by atoms with Gasteiger partial charge in [0.15, 0.2) is 0 Å². The maximum absolute atomic E-state index is 9.26. The lowest BCUT2D eigenvalue weighted by atomic mass is 10.1. The van der Waals surface area contributed by atoms with Crippen LogP contribution in [0.15, 0.2) is 30.3 Å². The first-order valence-corrected chi connectivity index (χ1v) is 6.10. The second-order valence-corrected chi connectivity index (χ2v) is 4.61. The third-order valence-corrected chi connectivity index (χ3v) is 2.91. The Morgan fingerprint density at radius 2 is 2.00 bits per heavy atom. The van der Waals surface area contributed by atoms with E-state index >= 15 is 0 Å². The quantitative estimate of drug-likeness (QED) is 0.900. The minimum Gasteiger partial charge on any atom is -0.383 e. The third kappa shape index (κ3) is 2.75. The standard InChI is InChI=1S/C14H17N5/c1-18(2)8-9-19-14(16)12(10-15)13(17-19)11-6-4-3-5-7-11/h3-7H,8-9,16H2,1-2H3. The van der Waals surface area contributed by atoms with E-state index in [9.17, 15) is 5.26 Å². The van der Waals surface area contributed by atoms with E-state index in [1.54, 1.807) is 4.68 Å². The van der Waals surface area contributed by atoms with Gasteiger partial charge in [0.05, 0.1) is 6.54 Å². The van der Waals surface area contributed by atoms with Gasteiger partial charge in [-0.3, -0.25) is 0 Å². The molecule has 5 nitrogen and oxygen atoms in total. The van der Waals surface area contributed by atoms with Gasteiger partial charge >= 0.3 is 0 Å². The first-order valence-electron chi connectivity index (χ1n) is 6.10. The van der Waals surface area contributed by atoms with Crippen molar-refractivity contribution >= 4 is 5.82 Å². The van der Waals surface area contributed by atoms with E-state index in [1.807, 2.05) is 44.4 Å². The average Bonchev–Trinajstić information content (AvgIpc) is 2.74. The van der Waals surface area contributed by atoms with E-state index in [2.05, 4.69) is 16.1 Å². The zero-order chi connectivity index (χ0) is 13.8. The zero-order valence-electron chi connectivity index (χ0n) is 11.2. The van der Waals surface area contributed by atoms with E-state index < -0.39 is 0 Å². The van der Waals surface area contributed by atoms with Gasteiger partial charge in [-0.1, -0.05) is 30.3 Å². The lowest BCUT2D eigenvalue weighted by Gasteiger charge is -2.09. The van der Waals surface area contributed by atoms with Crippen LogP contribution >= 0.6 is 0 Å². The molecular weight excluding hydrogens is 238 g/mol. The Kier molecular flexibility index (Phi) is 3.83. The maximum Gasteiger partial charge on any atom is 0.140 e. The molecule has 2 rings (SSSR count). The number of hydrogen-bond donors (Lipinski definition) is 1. The number of likely N-dealkylation sites (N-methyl/N-ethyl adjacent to an activating group) is 1. The fourth-order valence-corrected chi connectivity index (χ4v) is 1.85. The van der Waals surface area contributed by atoms with Gasteiger partial charge in [0.25, 0.3) is 0 Å². The van der Waals surface area contributed by atoms with Gasteiger partial charge in [0.1, 0.15) is 23.1 Å². The van der Waals surface area contributed by atoms with Gasteiger partial charge in [-0.2, -0.15) is 10.4 Å². The largest absolute Gasteiger partial charge is 0.383 e. The maximum atomic E-state index is 9.26. The molecule has 0 aliphatic heterocycles. The minimum atomic E-state index is 0.434. The van der Waals surface area contributed by atoms with Crippen LogP contribution in [0, 0.1) is 11.3 Å². The predicted octanol–water partition coefficient (Wildman–Crippen LogP) is 1.57. The number of rotatable bonds is 4. The fraction of sp³-hybridized carbons (Fsp3) is 0.286. The SMILES string of the molecule is CN(C)CCn1nc(-c2ccccc2)c(C#N)c1N. The number of nitrogens with two attached hydrogens (primary N) is 1. The topological polar surface area (TPSA) is 70.9 Å². The molecule has 1 heterocycles. The summed E-state index contributed by atoms with van der Waals surface area (Å²) in [6, 6.07) is 11.8. The van der Waals surface area contributed by atoms with Crippen LogP contribution in [-0.2, 0) is 6.54 Å². The second-order valence-electron chi connectivity index (χ2n) is 4.61. The summed E-state index contributed by atoms with van der Waals surface area (Å²) in [4.78, 5) is 2.05. The first kappa shape index (κ1) is 13.1. The highest BCUT2D eigenvalue weighted by Gasteiger charge is 2.16. The Hall–Kier alpha value is -2.32. The number of hydrogen-bond acceptors (Lipinski definition) is 4. The van der Waals surface area contributed by atoms with Crippen LogP contribution in [0.25, 0.3) is 11.3 Å². The van der Waals surface area contributed by atoms with E-state index in [4.69, 9.17) is 5.73 Å². The van der Waals surface area contributed by atoms with Gasteiger partial charge in [0.2, 0.25) is 0 Å². The molecule has 0 bridgehead atoms. The summed E-state index contributed by atoms with van der Waals surface area (Å²) < 4.78 is 1.70. The molecule has 0 aliphatic carbocycles. The fourth-order valence-electron chi connectivity index (χ4n) is 1.85. The molecule has 98 valence electrons. The van der Waals surface area contributed by atoms with Crippen LogP contribution in [0.3, 0.4) is 0 Å². The van der Waals surface area contributed by atoms with Crippen molar-refractivity contribution in [1.29, 1.82) is 5.26 Å². The van der Waals surface area contributed by atoms with Crippen LogP contribution < -0.4 is 5.73 Å². The molecule has 2 aromatic rings. The summed E-state index contributed by atoms with van der Waals surface area (Å²) in [6.07, 6.45) is 0. The van der Waals surface area contributed by atoms with Gasteiger partial charge in [0, 0.05) is 12.1 Å². The Bertz CT molecular complexity index is 592. The summed E-state index contributed by atoms with van der Waals surface area (Å²) in [5.74, 6) is 0.434. The molecule has 5 heteroatoms. The Morgan fingerprint density at radius 3 is 2.58 bits per heavy atom. The molecule has 0 radical (unpaired) electrons. The second kappa shape index (κ2) is 5.55. The van der Waals surface area contributed by atoms with Crippen molar-refractivity contribution in [2.75, 3.05) is 26.4 Å². The van der Waals surface area contributed by atoms with Gasteiger partial charge in [-0.15, -0.1) is 0 Å². The lowest BCUT2D eigenvalue weighted by molar-refractivity contribution is 0.375. The highest BCUT2D eigenvalue weighted by molar-refractivity contribution is 5.72. The molecule has 0 unspecified atom stereocenters. The van der Waals surface area contributed by atoms with E-state index in [0.29, 0.717) is 23.6 Å². The average molecular weight is 255 g/mol. The Morgan fingerprint density at radius 1 is 1.32 bits per heavy atom. The molecule has 19 heavy (non-hydrogen) atoms. The van der Waals surface area contributed by atoms with Crippen LogP contribution in [0.2, 0.25) is 0 Å². The molecule has 0 saturated carbocycles. The zero-order valence-corrected chi connectivity index (χ0v) is 11.2. The number of nitrogens with zero attached hydrogens (tertiary/aromatic N) is 4. The van der Waals surface area contributed by atoms with Crippen LogP contribution in [0.5, 0.6) is 0 Å². The molecule has 0 fully saturated rings. The van der Waals surface area contributed by atoms with Crippen molar-refractivity contribution in [2.45, 2.75) is 6.54 Å². The van der Waals surface area contributed by atoms with E-state index in [-0.39, 0.29) is 0 Å². The smallest absolute Gasteiger partial charge is 0.140 e. The van der Waals surface area contributed by atoms with Gasteiger partial charge < -0.3 is 10.6 Å². The normalized spacial score (nSPS) is 10.6. The molecule has 1 aromatic carbocycles. The van der Waals surface area contributed by atoms with Gasteiger partial charge in [-0.25, -0.2) is 4.68 Å². The summed E-state index contributed by atoms with van der Waals surface area (Å²) in [5, 5.41) is 13.7. The Labute approximate surface area is 112 Å². The molecule has 0 atom stereocenters. The predicted molar refractivity (Wildman–Crippen MR) is 75.3 cm³/mol. The van der Waals surface area contributed by atoms with Crippen molar-refractivity contribution in [3.63, 3.8) is 0 Å². The molecule has 0 amide bonds. The van der Waals surface area contributed by atoms with Crippen LogP contribution in [0.4, 0.5) is 5.82 Å². The molecule has 2 N–H and O–H groups in total. The minimum absolute atomic E-state index is 0.434. The van der Waals surface area contributed by atoms with Crippen molar-refractivity contribution in [2.24, 2.45) is 0 Å². The summed E-state index contributed by atoms with van der Waals surface area (Å²) >= 11 is 0. The molecule has 0 spiro atoms. The van der Waals surface area contributed by atoms with Crippen molar-refractivity contribution < 1.29 is 0 Å². The van der Waals surface area contributed by atoms with E-state index in [0.717, 1.165) is 12.1 Å². The van der Waals surface area contributed by atoms with E-state index in [1.165, 1.54) is 0 Å². The number of nitriles is 1.